The third-order valence-corrected chi connectivity index (χ3v) is 4.70. The molecule has 1 aromatic carbocycles. The van der Waals surface area contributed by atoms with Crippen LogP contribution in [-0.2, 0) is 13.0 Å². The molecule has 0 spiro atoms. The van der Waals surface area contributed by atoms with E-state index in [0.29, 0.717) is 11.5 Å². The first-order valence-electron chi connectivity index (χ1n) is 8.57. The first kappa shape index (κ1) is 15.8. The van der Waals surface area contributed by atoms with Crippen molar-refractivity contribution in [3.8, 4) is 22.8 Å². The number of furan rings is 1. The molecular weight excluding hydrogens is 316 g/mol. The molecule has 0 aliphatic heterocycles. The van der Waals surface area contributed by atoms with Crippen molar-refractivity contribution in [1.82, 2.24) is 9.55 Å². The summed E-state index contributed by atoms with van der Waals surface area (Å²) in [6.45, 7) is 1.05. The molecule has 0 radical (unpaired) electrons. The number of hydrogen-bond acceptors (Lipinski definition) is 4. The van der Waals surface area contributed by atoms with E-state index >= 15 is 0 Å². The standard InChI is InChI=1S/C20H22N2O3/c1-23-18-10-15(11-20-21-7-8-22(20)13-14-5-6-14)16(12-19(18)24-2)17-4-3-9-25-17/h3-4,7-10,12,14H,5-6,11,13H2,1-2H3. The van der Waals surface area contributed by atoms with Crippen molar-refractivity contribution in [2.24, 2.45) is 5.92 Å². The molecule has 0 atom stereocenters. The molecular formula is C20H22N2O3. The number of rotatable bonds is 7. The molecule has 2 heterocycles. The summed E-state index contributed by atoms with van der Waals surface area (Å²) in [6, 6.07) is 7.85. The molecule has 4 rings (SSSR count). The summed E-state index contributed by atoms with van der Waals surface area (Å²) in [4.78, 5) is 4.57. The minimum absolute atomic E-state index is 0.693. The van der Waals surface area contributed by atoms with Crippen LogP contribution in [0.15, 0.2) is 47.3 Å². The largest absolute Gasteiger partial charge is 0.493 e. The van der Waals surface area contributed by atoms with Crippen molar-refractivity contribution in [2.45, 2.75) is 25.8 Å². The zero-order valence-electron chi connectivity index (χ0n) is 14.6. The van der Waals surface area contributed by atoms with Gasteiger partial charge in [0.05, 0.1) is 20.5 Å². The maximum Gasteiger partial charge on any atom is 0.161 e. The third-order valence-electron chi connectivity index (χ3n) is 4.70. The second-order valence-corrected chi connectivity index (χ2v) is 6.46. The highest BCUT2D eigenvalue weighted by molar-refractivity contribution is 5.68. The fraction of sp³-hybridized carbons (Fsp3) is 0.350. The summed E-state index contributed by atoms with van der Waals surface area (Å²) in [5, 5.41) is 0. The number of ether oxygens (including phenoxy) is 2. The number of methoxy groups -OCH3 is 2. The lowest BCUT2D eigenvalue weighted by atomic mass is 10.0. The van der Waals surface area contributed by atoms with E-state index in [2.05, 4.69) is 15.7 Å². The highest BCUT2D eigenvalue weighted by Gasteiger charge is 2.23. The van der Waals surface area contributed by atoms with Crippen LogP contribution in [0, 0.1) is 5.92 Å². The molecule has 0 bridgehead atoms. The Morgan fingerprint density at radius 3 is 2.68 bits per heavy atom. The summed E-state index contributed by atoms with van der Waals surface area (Å²) < 4.78 is 18.9. The molecule has 3 aromatic rings. The average molecular weight is 338 g/mol. The fourth-order valence-electron chi connectivity index (χ4n) is 3.15. The Bertz CT molecular complexity index is 848. The van der Waals surface area contributed by atoms with E-state index in [9.17, 15) is 0 Å². The molecule has 0 saturated heterocycles. The Morgan fingerprint density at radius 2 is 2.00 bits per heavy atom. The first-order chi connectivity index (χ1) is 12.3. The zero-order chi connectivity index (χ0) is 17.2. The van der Waals surface area contributed by atoms with Crippen LogP contribution in [-0.4, -0.2) is 23.8 Å². The van der Waals surface area contributed by atoms with Crippen LogP contribution >= 0.6 is 0 Å². The monoisotopic (exact) mass is 338 g/mol. The number of imidazole rings is 1. The first-order valence-corrected chi connectivity index (χ1v) is 8.57. The normalized spacial score (nSPS) is 13.8. The Morgan fingerprint density at radius 1 is 1.20 bits per heavy atom. The van der Waals surface area contributed by atoms with Gasteiger partial charge in [-0.2, -0.15) is 0 Å². The highest BCUT2D eigenvalue weighted by atomic mass is 16.5. The van der Waals surface area contributed by atoms with Crippen LogP contribution in [0.1, 0.15) is 24.2 Å². The molecule has 5 heteroatoms. The van der Waals surface area contributed by atoms with Crippen molar-refractivity contribution in [3.05, 3.63) is 54.3 Å². The molecule has 2 aromatic heterocycles. The van der Waals surface area contributed by atoms with Gasteiger partial charge < -0.3 is 18.5 Å². The molecule has 0 amide bonds. The van der Waals surface area contributed by atoms with Gasteiger partial charge in [-0.05, 0) is 48.6 Å². The Labute approximate surface area is 147 Å². The topological polar surface area (TPSA) is 49.4 Å². The van der Waals surface area contributed by atoms with Gasteiger partial charge >= 0.3 is 0 Å². The van der Waals surface area contributed by atoms with Crippen molar-refractivity contribution in [2.75, 3.05) is 14.2 Å². The lowest BCUT2D eigenvalue weighted by molar-refractivity contribution is 0.354. The minimum atomic E-state index is 0.693. The smallest absolute Gasteiger partial charge is 0.161 e. The van der Waals surface area contributed by atoms with Crippen molar-refractivity contribution in [3.63, 3.8) is 0 Å². The lowest BCUT2D eigenvalue weighted by Crippen LogP contribution is -2.06. The van der Waals surface area contributed by atoms with E-state index < -0.39 is 0 Å². The summed E-state index contributed by atoms with van der Waals surface area (Å²) in [7, 11) is 3.30. The predicted octanol–water partition coefficient (Wildman–Crippen LogP) is 4.16. The van der Waals surface area contributed by atoms with E-state index in [1.54, 1.807) is 20.5 Å². The zero-order valence-corrected chi connectivity index (χ0v) is 14.6. The fourth-order valence-corrected chi connectivity index (χ4v) is 3.15. The van der Waals surface area contributed by atoms with Gasteiger partial charge in [-0.25, -0.2) is 4.98 Å². The van der Waals surface area contributed by atoms with Gasteiger partial charge in [0.1, 0.15) is 11.6 Å². The van der Waals surface area contributed by atoms with Crippen LogP contribution in [0.3, 0.4) is 0 Å². The maximum atomic E-state index is 5.63. The van der Waals surface area contributed by atoms with Gasteiger partial charge in [-0.1, -0.05) is 0 Å². The van der Waals surface area contributed by atoms with Crippen LogP contribution in [0.4, 0.5) is 0 Å². The quantitative estimate of drug-likeness (QED) is 0.649. The van der Waals surface area contributed by atoms with E-state index in [1.807, 2.05) is 30.5 Å². The third kappa shape index (κ3) is 3.27. The summed E-state index contributed by atoms with van der Waals surface area (Å²) >= 11 is 0. The van der Waals surface area contributed by atoms with Gasteiger partial charge in [0.15, 0.2) is 11.5 Å². The van der Waals surface area contributed by atoms with Gasteiger partial charge in [0.25, 0.3) is 0 Å². The van der Waals surface area contributed by atoms with Crippen LogP contribution in [0.2, 0.25) is 0 Å². The average Bonchev–Trinajstić information content (AvgIpc) is 3.09. The van der Waals surface area contributed by atoms with E-state index in [4.69, 9.17) is 13.9 Å². The summed E-state index contributed by atoms with van der Waals surface area (Å²) in [5.41, 5.74) is 2.11. The van der Waals surface area contributed by atoms with E-state index in [-0.39, 0.29) is 0 Å². The molecule has 1 saturated carbocycles. The summed E-state index contributed by atoms with van der Waals surface area (Å²) in [6.07, 6.45) is 9.00. The summed E-state index contributed by atoms with van der Waals surface area (Å²) in [5.74, 6) is 4.10. The maximum absolute atomic E-state index is 5.63. The number of hydrogen-bond donors (Lipinski definition) is 0. The number of benzene rings is 1. The predicted molar refractivity (Wildman–Crippen MR) is 95.0 cm³/mol. The second kappa shape index (κ2) is 6.67. The Balaban J connectivity index is 1.73. The Hall–Kier alpha value is -2.69. The number of nitrogens with zero attached hydrogens (tertiary/aromatic N) is 2. The molecule has 1 fully saturated rings. The van der Waals surface area contributed by atoms with Crippen molar-refractivity contribution in [1.29, 1.82) is 0 Å². The van der Waals surface area contributed by atoms with Crippen LogP contribution in [0.5, 0.6) is 11.5 Å². The van der Waals surface area contributed by atoms with Crippen LogP contribution < -0.4 is 9.47 Å². The highest BCUT2D eigenvalue weighted by Crippen LogP contribution is 2.37. The Kier molecular flexibility index (Phi) is 4.22. The minimum Gasteiger partial charge on any atom is -0.493 e. The van der Waals surface area contributed by atoms with E-state index in [1.165, 1.54) is 12.8 Å². The van der Waals surface area contributed by atoms with Crippen LogP contribution in [0.25, 0.3) is 11.3 Å². The van der Waals surface area contributed by atoms with Gasteiger partial charge in [0, 0.05) is 30.9 Å². The number of aromatic nitrogens is 2. The lowest BCUT2D eigenvalue weighted by Gasteiger charge is -2.14. The SMILES string of the molecule is COc1cc(Cc2nccn2CC2CC2)c(-c2ccco2)cc1OC. The van der Waals surface area contributed by atoms with Crippen molar-refractivity contribution < 1.29 is 13.9 Å². The molecule has 0 unspecified atom stereocenters. The molecule has 0 N–H and O–H groups in total. The van der Waals surface area contributed by atoms with E-state index in [0.717, 1.165) is 41.6 Å². The molecule has 1 aliphatic carbocycles. The molecule has 5 nitrogen and oxygen atoms in total. The molecule has 1 aliphatic rings. The van der Waals surface area contributed by atoms with Crippen molar-refractivity contribution >= 4 is 0 Å². The van der Waals surface area contributed by atoms with Gasteiger partial charge in [-0.15, -0.1) is 0 Å². The molecule has 25 heavy (non-hydrogen) atoms. The second-order valence-electron chi connectivity index (χ2n) is 6.46. The van der Waals surface area contributed by atoms with Gasteiger partial charge in [0.2, 0.25) is 0 Å². The molecule has 130 valence electrons. The van der Waals surface area contributed by atoms with Gasteiger partial charge in [-0.3, -0.25) is 0 Å².